The van der Waals surface area contributed by atoms with Crippen molar-refractivity contribution in [3.8, 4) is 11.3 Å². The summed E-state index contributed by atoms with van der Waals surface area (Å²) in [7, 11) is -1.67. The predicted octanol–water partition coefficient (Wildman–Crippen LogP) is 3.92. The minimum Gasteiger partial charge on any atom is -0.361 e. The van der Waals surface area contributed by atoms with Crippen molar-refractivity contribution in [3.05, 3.63) is 66.4 Å². The second kappa shape index (κ2) is 11.4. The van der Waals surface area contributed by atoms with E-state index in [2.05, 4.69) is 15.2 Å². The van der Waals surface area contributed by atoms with Gasteiger partial charge in [0.05, 0.1) is 10.9 Å². The fraction of sp³-hybridized carbons (Fsp3) is 0.360. The lowest BCUT2D eigenvalue weighted by atomic mass is 10.1. The van der Waals surface area contributed by atoms with Crippen molar-refractivity contribution in [3.63, 3.8) is 0 Å². The Hall–Kier alpha value is -3.01. The molecule has 1 unspecified atom stereocenters. The van der Waals surface area contributed by atoms with Crippen LogP contribution in [0.4, 0.5) is 5.69 Å². The lowest BCUT2D eigenvalue weighted by Crippen LogP contribution is -2.40. The molecule has 0 fully saturated rings. The molecule has 0 radical (unpaired) electrons. The number of carbonyl (C=O) groups excluding carboxylic acids is 1. The number of rotatable bonds is 11. The summed E-state index contributed by atoms with van der Waals surface area (Å²) >= 11 is 0. The quantitative estimate of drug-likeness (QED) is 0.427. The third-order valence-corrected chi connectivity index (χ3v) is 7.10. The van der Waals surface area contributed by atoms with Gasteiger partial charge in [0.25, 0.3) is 0 Å². The van der Waals surface area contributed by atoms with E-state index < -0.39 is 10.0 Å². The zero-order chi connectivity index (χ0) is 24.7. The smallest absolute Gasteiger partial charge is 0.241 e. The average Bonchev–Trinajstić information content (AvgIpc) is 3.27. The largest absolute Gasteiger partial charge is 0.361 e. The van der Waals surface area contributed by atoms with Crippen LogP contribution >= 0.6 is 0 Å². The Morgan fingerprint density at radius 2 is 1.74 bits per heavy atom. The van der Waals surface area contributed by atoms with Crippen LogP contribution in [0.5, 0.6) is 0 Å². The highest BCUT2D eigenvalue weighted by molar-refractivity contribution is 7.89. The molecule has 1 amide bonds. The molecule has 0 saturated carbocycles. The van der Waals surface area contributed by atoms with Crippen LogP contribution in [0.3, 0.4) is 0 Å². The fourth-order valence-corrected chi connectivity index (χ4v) is 4.67. The molecule has 0 aliphatic rings. The zero-order valence-electron chi connectivity index (χ0n) is 20.0. The number of amides is 1. The summed E-state index contributed by atoms with van der Waals surface area (Å²) in [5.74, 6) is 0.649. The molecule has 0 aliphatic heterocycles. The van der Waals surface area contributed by atoms with Gasteiger partial charge in [-0.2, -0.15) is 0 Å². The first kappa shape index (κ1) is 25.6. The molecule has 0 aliphatic carbocycles. The molecule has 8 nitrogen and oxygen atoms in total. The van der Waals surface area contributed by atoms with Crippen LogP contribution in [0.2, 0.25) is 0 Å². The molecule has 0 spiro atoms. The van der Waals surface area contributed by atoms with E-state index in [1.807, 2.05) is 55.3 Å². The lowest BCUT2D eigenvalue weighted by molar-refractivity contribution is -0.120. The van der Waals surface area contributed by atoms with Crippen molar-refractivity contribution in [2.45, 2.75) is 50.6 Å². The molecule has 1 aromatic heterocycles. The zero-order valence-corrected chi connectivity index (χ0v) is 20.8. The summed E-state index contributed by atoms with van der Waals surface area (Å²) in [4.78, 5) is 14.8. The third-order valence-electron chi connectivity index (χ3n) is 5.43. The van der Waals surface area contributed by atoms with E-state index in [9.17, 15) is 13.2 Å². The summed E-state index contributed by atoms with van der Waals surface area (Å²) < 4.78 is 32.5. The molecule has 2 N–H and O–H groups in total. The van der Waals surface area contributed by atoms with Gasteiger partial charge in [-0.15, -0.1) is 0 Å². The van der Waals surface area contributed by atoms with Crippen LogP contribution in [-0.4, -0.2) is 50.1 Å². The number of sulfonamides is 1. The minimum atomic E-state index is -3.57. The van der Waals surface area contributed by atoms with E-state index in [0.717, 1.165) is 29.9 Å². The number of hydrogen-bond acceptors (Lipinski definition) is 6. The van der Waals surface area contributed by atoms with Gasteiger partial charge in [0, 0.05) is 29.8 Å². The molecule has 1 heterocycles. The van der Waals surface area contributed by atoms with E-state index in [1.54, 1.807) is 26.0 Å². The fourth-order valence-electron chi connectivity index (χ4n) is 3.41. The Balaban J connectivity index is 1.47. The number of aromatic nitrogens is 1. The van der Waals surface area contributed by atoms with Crippen LogP contribution < -0.4 is 10.0 Å². The number of benzene rings is 2. The Morgan fingerprint density at radius 1 is 1.06 bits per heavy atom. The second-order valence-electron chi connectivity index (χ2n) is 8.59. The molecule has 3 rings (SSSR count). The summed E-state index contributed by atoms with van der Waals surface area (Å²) in [6.45, 7) is 6.06. The Kier molecular flexibility index (Phi) is 8.60. The van der Waals surface area contributed by atoms with Gasteiger partial charge in [-0.1, -0.05) is 35.5 Å². The lowest BCUT2D eigenvalue weighted by Gasteiger charge is -2.23. The number of carbonyl (C=O) groups is 1. The number of nitrogens with zero attached hydrogens (tertiary/aromatic N) is 2. The maximum absolute atomic E-state index is 12.7. The van der Waals surface area contributed by atoms with Gasteiger partial charge >= 0.3 is 0 Å². The van der Waals surface area contributed by atoms with Crippen molar-refractivity contribution in [1.82, 2.24) is 14.8 Å². The molecule has 1 atom stereocenters. The van der Waals surface area contributed by atoms with Crippen LogP contribution in [0, 0.1) is 0 Å². The minimum absolute atomic E-state index is 0.159. The van der Waals surface area contributed by atoms with Gasteiger partial charge in [0.15, 0.2) is 0 Å². The van der Waals surface area contributed by atoms with Gasteiger partial charge in [-0.3, -0.25) is 9.69 Å². The van der Waals surface area contributed by atoms with Gasteiger partial charge < -0.3 is 9.84 Å². The van der Waals surface area contributed by atoms with E-state index in [1.165, 1.54) is 12.1 Å². The first-order chi connectivity index (χ1) is 16.2. The van der Waals surface area contributed by atoms with Gasteiger partial charge in [0.1, 0.15) is 11.5 Å². The molecular weight excluding hydrogens is 452 g/mol. The van der Waals surface area contributed by atoms with E-state index in [0.29, 0.717) is 12.2 Å². The van der Waals surface area contributed by atoms with Crippen molar-refractivity contribution in [2.24, 2.45) is 0 Å². The highest BCUT2D eigenvalue weighted by atomic mass is 32.2. The summed E-state index contributed by atoms with van der Waals surface area (Å²) in [6.07, 6.45) is 1.53. The van der Waals surface area contributed by atoms with Gasteiger partial charge in [-0.25, -0.2) is 13.1 Å². The number of anilines is 1. The molecular formula is C25H32N4O4S. The predicted molar refractivity (Wildman–Crippen MR) is 133 cm³/mol. The Morgan fingerprint density at radius 3 is 2.38 bits per heavy atom. The summed E-state index contributed by atoms with van der Waals surface area (Å²) in [6, 6.07) is 17.4. The molecule has 0 saturated heterocycles. The van der Waals surface area contributed by atoms with Crippen LogP contribution in [0.1, 0.15) is 33.0 Å². The van der Waals surface area contributed by atoms with Crippen molar-refractivity contribution in [2.75, 3.05) is 18.9 Å². The van der Waals surface area contributed by atoms with Gasteiger partial charge in [-0.05, 0) is 65.0 Å². The van der Waals surface area contributed by atoms with Crippen molar-refractivity contribution in [1.29, 1.82) is 0 Å². The number of likely N-dealkylation sites (N-methyl/N-ethyl adjacent to an activating group) is 1. The molecule has 0 bridgehead atoms. The molecule has 3 aromatic rings. The molecule has 9 heteroatoms. The van der Waals surface area contributed by atoms with Crippen molar-refractivity contribution < 1.29 is 17.7 Å². The maximum Gasteiger partial charge on any atom is 0.241 e. The number of nitrogens with one attached hydrogen (secondary N) is 2. The summed E-state index contributed by atoms with van der Waals surface area (Å²) in [5, 5.41) is 6.98. The Labute approximate surface area is 201 Å². The second-order valence-corrected chi connectivity index (χ2v) is 10.3. The normalized spacial score (nSPS) is 12.8. The first-order valence-electron chi connectivity index (χ1n) is 11.3. The molecule has 34 heavy (non-hydrogen) atoms. The van der Waals surface area contributed by atoms with Crippen LogP contribution in [-0.2, 0) is 21.2 Å². The average molecular weight is 485 g/mol. The monoisotopic (exact) mass is 484 g/mol. The first-order valence-corrected chi connectivity index (χ1v) is 12.8. The standard InChI is InChI=1S/C25H32N4O4S/c1-18(2)28-34(31,32)23-14-12-21(13-15-23)26-25(30)19(3)29(4)16-8-11-22-17-24(27-33-22)20-9-6-5-7-10-20/h5-7,9-10,12-15,17-19,28H,8,11,16H2,1-4H3,(H,26,30). The Bertz CT molecular complexity index is 1180. The van der Waals surface area contributed by atoms with Gasteiger partial charge in [0.2, 0.25) is 15.9 Å². The van der Waals surface area contributed by atoms with E-state index in [-0.39, 0.29) is 22.9 Å². The van der Waals surface area contributed by atoms with E-state index >= 15 is 0 Å². The van der Waals surface area contributed by atoms with E-state index in [4.69, 9.17) is 4.52 Å². The van der Waals surface area contributed by atoms with Crippen LogP contribution in [0.15, 0.2) is 70.1 Å². The third kappa shape index (κ3) is 6.99. The highest BCUT2D eigenvalue weighted by Crippen LogP contribution is 2.19. The highest BCUT2D eigenvalue weighted by Gasteiger charge is 2.19. The number of hydrogen-bond donors (Lipinski definition) is 2. The van der Waals surface area contributed by atoms with Crippen molar-refractivity contribution >= 4 is 21.6 Å². The molecule has 182 valence electrons. The number of aryl methyl sites for hydroxylation is 1. The SMILES string of the molecule is CC(C)NS(=O)(=O)c1ccc(NC(=O)C(C)N(C)CCCc2cc(-c3ccccc3)no2)cc1. The van der Waals surface area contributed by atoms with Crippen LogP contribution in [0.25, 0.3) is 11.3 Å². The maximum atomic E-state index is 12.7. The summed E-state index contributed by atoms with van der Waals surface area (Å²) in [5.41, 5.74) is 2.38. The topological polar surface area (TPSA) is 105 Å². The molecule has 2 aromatic carbocycles.